The van der Waals surface area contributed by atoms with E-state index in [4.69, 9.17) is 28.9 Å². The molecule has 3 nitrogen and oxygen atoms in total. The third-order valence-electron chi connectivity index (χ3n) is 2.08. The second kappa shape index (κ2) is 5.77. The van der Waals surface area contributed by atoms with E-state index in [2.05, 4.69) is 0 Å². The van der Waals surface area contributed by atoms with E-state index in [1.807, 2.05) is 5.32 Å². The Balaban J connectivity index is 3.02. The van der Waals surface area contributed by atoms with Crippen molar-refractivity contribution in [2.24, 2.45) is 5.73 Å². The zero-order chi connectivity index (χ0) is 13.9. The van der Waals surface area contributed by atoms with Gasteiger partial charge in [0, 0.05) is 15.6 Å². The Hall–Kier alpha value is -0.980. The summed E-state index contributed by atoms with van der Waals surface area (Å²) in [6.07, 6.45) is -4.47. The number of carbonyl (C=O) groups excluding carboxylic acids is 1. The largest absolute Gasteiger partial charge is 0.401 e. The molecule has 3 N–H and O–H groups in total. The predicted octanol–water partition coefficient (Wildman–Crippen LogP) is 2.67. The lowest BCUT2D eigenvalue weighted by molar-refractivity contribution is -0.130. The molecule has 0 saturated heterocycles. The molecule has 0 aliphatic carbocycles. The lowest BCUT2D eigenvalue weighted by Gasteiger charge is -2.19. The van der Waals surface area contributed by atoms with Gasteiger partial charge in [0.05, 0.1) is 6.54 Å². The number of amides is 1. The van der Waals surface area contributed by atoms with Crippen molar-refractivity contribution in [1.29, 1.82) is 0 Å². The highest BCUT2D eigenvalue weighted by Crippen LogP contribution is 2.30. The molecule has 0 aliphatic rings. The topological polar surface area (TPSA) is 55.1 Å². The molecule has 0 aromatic heterocycles. The number of benzene rings is 1. The average molecular weight is 301 g/mol. The summed E-state index contributed by atoms with van der Waals surface area (Å²) in [5.74, 6) is -0.991. The second-order valence-corrected chi connectivity index (χ2v) is 4.28. The van der Waals surface area contributed by atoms with Gasteiger partial charge in [-0.05, 0) is 12.1 Å². The number of primary amides is 1. The summed E-state index contributed by atoms with van der Waals surface area (Å²) in [5, 5.41) is 2.13. The van der Waals surface area contributed by atoms with E-state index in [-0.39, 0.29) is 15.6 Å². The quantitative estimate of drug-likeness (QED) is 0.898. The van der Waals surface area contributed by atoms with Crippen molar-refractivity contribution in [3.8, 4) is 0 Å². The van der Waals surface area contributed by atoms with Gasteiger partial charge in [-0.1, -0.05) is 29.3 Å². The summed E-state index contributed by atoms with van der Waals surface area (Å²) >= 11 is 11.6. The summed E-state index contributed by atoms with van der Waals surface area (Å²) in [6, 6.07) is 2.94. The first-order chi connectivity index (χ1) is 8.22. The van der Waals surface area contributed by atoms with Crippen molar-refractivity contribution >= 4 is 29.1 Å². The molecule has 1 amide bonds. The SMILES string of the molecule is NC(=O)C(NCC(F)(F)F)c1c(Cl)cccc1Cl. The van der Waals surface area contributed by atoms with Crippen LogP contribution in [0.5, 0.6) is 0 Å². The summed E-state index contributed by atoms with van der Waals surface area (Å²) in [5.41, 5.74) is 5.09. The van der Waals surface area contributed by atoms with E-state index in [1.54, 1.807) is 0 Å². The van der Waals surface area contributed by atoms with Crippen molar-refractivity contribution in [3.63, 3.8) is 0 Å². The Morgan fingerprint density at radius 3 is 2.22 bits per heavy atom. The molecule has 0 bridgehead atoms. The third-order valence-corrected chi connectivity index (χ3v) is 2.74. The fourth-order valence-electron chi connectivity index (χ4n) is 1.35. The van der Waals surface area contributed by atoms with E-state index in [0.717, 1.165) is 0 Å². The maximum absolute atomic E-state index is 12.1. The second-order valence-electron chi connectivity index (χ2n) is 3.47. The Morgan fingerprint density at radius 2 is 1.83 bits per heavy atom. The number of carbonyl (C=O) groups is 1. The molecule has 1 aromatic rings. The predicted molar refractivity (Wildman–Crippen MR) is 62.5 cm³/mol. The number of hydrogen-bond donors (Lipinski definition) is 2. The molecule has 0 saturated carbocycles. The summed E-state index contributed by atoms with van der Waals surface area (Å²) in [6.45, 7) is -1.37. The molecule has 0 fully saturated rings. The fraction of sp³-hybridized carbons (Fsp3) is 0.300. The highest BCUT2D eigenvalue weighted by atomic mass is 35.5. The molecule has 0 spiro atoms. The first kappa shape index (κ1) is 15.1. The minimum Gasteiger partial charge on any atom is -0.368 e. The molecule has 8 heteroatoms. The average Bonchev–Trinajstić information content (AvgIpc) is 2.20. The van der Waals surface area contributed by atoms with Crippen LogP contribution in [0.15, 0.2) is 18.2 Å². The standard InChI is InChI=1S/C10H9Cl2F3N2O/c11-5-2-1-3-6(12)7(5)8(9(16)18)17-4-10(13,14)15/h1-3,8,17H,4H2,(H2,16,18). The van der Waals surface area contributed by atoms with Gasteiger partial charge in [0.25, 0.3) is 0 Å². The number of nitrogens with two attached hydrogens (primary N) is 1. The lowest BCUT2D eigenvalue weighted by Crippen LogP contribution is -2.39. The molecule has 1 aromatic carbocycles. The van der Waals surface area contributed by atoms with Crippen LogP contribution < -0.4 is 11.1 Å². The van der Waals surface area contributed by atoms with Crippen LogP contribution in [0.1, 0.15) is 11.6 Å². The zero-order valence-corrected chi connectivity index (χ0v) is 10.4. The minimum atomic E-state index is -4.47. The maximum atomic E-state index is 12.1. The van der Waals surface area contributed by atoms with E-state index < -0.39 is 24.7 Å². The van der Waals surface area contributed by atoms with Gasteiger partial charge in [-0.2, -0.15) is 13.2 Å². The zero-order valence-electron chi connectivity index (χ0n) is 8.89. The molecular weight excluding hydrogens is 292 g/mol. The molecule has 100 valence electrons. The van der Waals surface area contributed by atoms with Crippen LogP contribution in [0.4, 0.5) is 13.2 Å². The van der Waals surface area contributed by atoms with E-state index in [1.165, 1.54) is 18.2 Å². The van der Waals surface area contributed by atoms with E-state index >= 15 is 0 Å². The smallest absolute Gasteiger partial charge is 0.368 e. The third kappa shape index (κ3) is 4.04. The Morgan fingerprint density at radius 1 is 1.33 bits per heavy atom. The number of halogens is 5. The summed E-state index contributed by atoms with van der Waals surface area (Å²) in [4.78, 5) is 11.2. The van der Waals surface area contributed by atoms with E-state index in [0.29, 0.717) is 0 Å². The molecule has 18 heavy (non-hydrogen) atoms. The van der Waals surface area contributed by atoms with Gasteiger partial charge in [0.2, 0.25) is 5.91 Å². The Labute approximate surface area is 111 Å². The van der Waals surface area contributed by atoms with Crippen LogP contribution >= 0.6 is 23.2 Å². The van der Waals surface area contributed by atoms with E-state index in [9.17, 15) is 18.0 Å². The van der Waals surface area contributed by atoms with Crippen molar-refractivity contribution < 1.29 is 18.0 Å². The van der Waals surface area contributed by atoms with Crippen LogP contribution in [0, 0.1) is 0 Å². The van der Waals surface area contributed by atoms with Crippen LogP contribution in [-0.2, 0) is 4.79 Å². The van der Waals surface area contributed by atoms with Crippen LogP contribution in [0.25, 0.3) is 0 Å². The van der Waals surface area contributed by atoms with Crippen molar-refractivity contribution in [1.82, 2.24) is 5.32 Å². The maximum Gasteiger partial charge on any atom is 0.401 e. The molecule has 0 heterocycles. The highest BCUT2D eigenvalue weighted by molar-refractivity contribution is 6.36. The number of nitrogens with one attached hydrogen (secondary N) is 1. The van der Waals surface area contributed by atoms with Gasteiger partial charge < -0.3 is 5.73 Å². The minimum absolute atomic E-state index is 0.0394. The van der Waals surface area contributed by atoms with Crippen molar-refractivity contribution in [3.05, 3.63) is 33.8 Å². The monoisotopic (exact) mass is 300 g/mol. The van der Waals surface area contributed by atoms with Gasteiger partial charge in [-0.25, -0.2) is 0 Å². The first-order valence-corrected chi connectivity index (χ1v) is 5.51. The van der Waals surface area contributed by atoms with Crippen LogP contribution in [-0.4, -0.2) is 18.6 Å². The number of rotatable bonds is 4. The summed E-state index contributed by atoms with van der Waals surface area (Å²) < 4.78 is 36.3. The van der Waals surface area contributed by atoms with Crippen LogP contribution in [0.3, 0.4) is 0 Å². The summed E-state index contributed by atoms with van der Waals surface area (Å²) in [7, 11) is 0. The molecule has 1 atom stereocenters. The van der Waals surface area contributed by atoms with Gasteiger partial charge in [0.1, 0.15) is 6.04 Å². The Kier molecular flexibility index (Phi) is 4.84. The molecular formula is C10H9Cl2F3N2O. The Bertz CT molecular complexity index is 431. The van der Waals surface area contributed by atoms with Gasteiger partial charge in [0.15, 0.2) is 0 Å². The molecule has 1 rings (SSSR count). The van der Waals surface area contributed by atoms with Crippen molar-refractivity contribution in [2.45, 2.75) is 12.2 Å². The van der Waals surface area contributed by atoms with Gasteiger partial charge >= 0.3 is 6.18 Å². The van der Waals surface area contributed by atoms with Gasteiger partial charge in [-0.3, -0.25) is 10.1 Å². The molecule has 0 radical (unpaired) electrons. The highest BCUT2D eigenvalue weighted by Gasteiger charge is 2.31. The van der Waals surface area contributed by atoms with Gasteiger partial charge in [-0.15, -0.1) is 0 Å². The molecule has 1 unspecified atom stereocenters. The molecule has 0 aliphatic heterocycles. The first-order valence-electron chi connectivity index (χ1n) is 4.75. The lowest BCUT2D eigenvalue weighted by atomic mass is 10.1. The number of hydrogen-bond acceptors (Lipinski definition) is 2. The fourth-order valence-corrected chi connectivity index (χ4v) is 1.96. The van der Waals surface area contributed by atoms with Crippen LogP contribution in [0.2, 0.25) is 10.0 Å². The normalized spacial score (nSPS) is 13.4. The van der Waals surface area contributed by atoms with Crippen molar-refractivity contribution in [2.75, 3.05) is 6.54 Å². The number of alkyl halides is 3.